The Morgan fingerprint density at radius 2 is 1.65 bits per heavy atom. The lowest BCUT2D eigenvalue weighted by Gasteiger charge is -2.06. The largest absolute Gasteiger partial charge is 0.200 e. The molecule has 8 heteroatoms. The van der Waals surface area contributed by atoms with E-state index in [1.807, 2.05) is 25.1 Å². The maximum absolute atomic E-state index is 3.86. The molecule has 17 heavy (non-hydrogen) atoms. The first-order chi connectivity index (χ1) is 8.34. The van der Waals surface area contributed by atoms with Crippen LogP contribution in [0.3, 0.4) is 0 Å². The van der Waals surface area contributed by atoms with E-state index >= 15 is 0 Å². The number of rotatable bonds is 2. The highest BCUT2D eigenvalue weighted by Gasteiger charge is 2.06. The molecule has 0 unspecified atom stereocenters. The molecule has 2 heterocycles. The van der Waals surface area contributed by atoms with E-state index in [9.17, 15) is 0 Å². The smallest absolute Gasteiger partial charge is 0.143 e. The quantitative estimate of drug-likeness (QED) is 0.611. The van der Waals surface area contributed by atoms with Gasteiger partial charge in [-0.15, -0.1) is 10.2 Å². The van der Waals surface area contributed by atoms with Crippen molar-refractivity contribution in [3.8, 4) is 11.4 Å². The first kappa shape index (κ1) is 9.58. The van der Waals surface area contributed by atoms with E-state index in [-0.39, 0.29) is 0 Å². The highest BCUT2D eigenvalue weighted by atomic mass is 15.5. The number of hydrogen-bond donors (Lipinski definition) is 0. The van der Waals surface area contributed by atoms with E-state index in [1.54, 1.807) is 15.7 Å². The van der Waals surface area contributed by atoms with Gasteiger partial charge in [0, 0.05) is 0 Å². The SMILES string of the molecule is Cc1ccc(-n2cnnn2)cc1-n1cnnn1. The summed E-state index contributed by atoms with van der Waals surface area (Å²) in [6.07, 6.45) is 3.08. The summed E-state index contributed by atoms with van der Waals surface area (Å²) in [6, 6.07) is 5.82. The van der Waals surface area contributed by atoms with E-state index in [2.05, 4.69) is 31.1 Å². The van der Waals surface area contributed by atoms with Gasteiger partial charge in [0.25, 0.3) is 0 Å². The summed E-state index contributed by atoms with van der Waals surface area (Å²) in [4.78, 5) is 0. The molecule has 0 bridgehead atoms. The van der Waals surface area contributed by atoms with Crippen LogP contribution in [0, 0.1) is 6.92 Å². The van der Waals surface area contributed by atoms with Gasteiger partial charge in [0.1, 0.15) is 12.7 Å². The summed E-state index contributed by atoms with van der Waals surface area (Å²) in [5.74, 6) is 0. The summed E-state index contributed by atoms with van der Waals surface area (Å²) >= 11 is 0. The van der Waals surface area contributed by atoms with Crippen molar-refractivity contribution < 1.29 is 0 Å². The minimum absolute atomic E-state index is 0.853. The van der Waals surface area contributed by atoms with E-state index in [0.717, 1.165) is 16.9 Å². The van der Waals surface area contributed by atoms with Gasteiger partial charge in [0.05, 0.1) is 11.4 Å². The monoisotopic (exact) mass is 228 g/mol. The molecule has 0 saturated heterocycles. The minimum Gasteiger partial charge on any atom is -0.200 e. The predicted octanol–water partition coefficient (Wildman–Crippen LogP) is -0.0536. The molecule has 0 aliphatic rings. The Kier molecular flexibility index (Phi) is 2.11. The summed E-state index contributed by atoms with van der Waals surface area (Å²) in [7, 11) is 0. The Morgan fingerprint density at radius 1 is 0.941 bits per heavy atom. The van der Waals surface area contributed by atoms with Gasteiger partial charge in [-0.2, -0.15) is 0 Å². The van der Waals surface area contributed by atoms with E-state index < -0.39 is 0 Å². The van der Waals surface area contributed by atoms with Gasteiger partial charge in [-0.3, -0.25) is 0 Å². The molecule has 0 aliphatic carbocycles. The molecule has 0 amide bonds. The number of benzene rings is 1. The zero-order valence-corrected chi connectivity index (χ0v) is 8.96. The molecule has 0 atom stereocenters. The van der Waals surface area contributed by atoms with Gasteiger partial charge < -0.3 is 0 Å². The van der Waals surface area contributed by atoms with Crippen molar-refractivity contribution in [3.63, 3.8) is 0 Å². The third kappa shape index (κ3) is 1.65. The Hall–Kier alpha value is -2.64. The number of nitrogens with zero attached hydrogens (tertiary/aromatic N) is 8. The molecule has 3 rings (SSSR count). The van der Waals surface area contributed by atoms with Crippen LogP contribution in [0.1, 0.15) is 5.56 Å². The van der Waals surface area contributed by atoms with Crippen molar-refractivity contribution in [1.82, 2.24) is 40.4 Å². The fraction of sp³-hybridized carbons (Fsp3) is 0.111. The second kappa shape index (κ2) is 3.74. The highest BCUT2D eigenvalue weighted by molar-refractivity contribution is 5.47. The van der Waals surface area contributed by atoms with Crippen molar-refractivity contribution >= 4 is 0 Å². The molecule has 84 valence electrons. The number of aryl methyl sites for hydroxylation is 1. The fourth-order valence-corrected chi connectivity index (χ4v) is 1.54. The van der Waals surface area contributed by atoms with E-state index in [4.69, 9.17) is 0 Å². The third-order valence-electron chi connectivity index (χ3n) is 2.40. The van der Waals surface area contributed by atoms with Crippen LogP contribution in [-0.2, 0) is 0 Å². The van der Waals surface area contributed by atoms with Crippen LogP contribution >= 0.6 is 0 Å². The molecule has 3 aromatic rings. The number of hydrogen-bond acceptors (Lipinski definition) is 6. The first-order valence-corrected chi connectivity index (χ1v) is 4.92. The zero-order chi connectivity index (χ0) is 11.7. The maximum atomic E-state index is 3.86. The van der Waals surface area contributed by atoms with Crippen molar-refractivity contribution in [2.75, 3.05) is 0 Å². The lowest BCUT2D eigenvalue weighted by molar-refractivity contribution is 0.772. The molecule has 0 fully saturated rings. The van der Waals surface area contributed by atoms with Crippen LogP contribution in [0.2, 0.25) is 0 Å². The molecule has 2 aromatic heterocycles. The molecule has 0 spiro atoms. The summed E-state index contributed by atoms with van der Waals surface area (Å²) < 4.78 is 3.18. The molecule has 0 saturated carbocycles. The Bertz CT molecular complexity index is 613. The molecule has 0 N–H and O–H groups in total. The van der Waals surface area contributed by atoms with Crippen molar-refractivity contribution in [1.29, 1.82) is 0 Å². The predicted molar refractivity (Wildman–Crippen MR) is 56.6 cm³/mol. The van der Waals surface area contributed by atoms with Crippen LogP contribution in [0.4, 0.5) is 0 Å². The minimum atomic E-state index is 0.853. The topological polar surface area (TPSA) is 87.2 Å². The molecule has 0 aliphatic heterocycles. The maximum Gasteiger partial charge on any atom is 0.143 e. The molecule has 8 nitrogen and oxygen atoms in total. The molecular weight excluding hydrogens is 220 g/mol. The second-order valence-corrected chi connectivity index (χ2v) is 3.48. The van der Waals surface area contributed by atoms with Gasteiger partial charge >= 0.3 is 0 Å². The lowest BCUT2D eigenvalue weighted by Crippen LogP contribution is -2.02. The average Bonchev–Trinajstić information content (AvgIpc) is 3.03. The Labute approximate surface area is 95.9 Å². The van der Waals surface area contributed by atoms with Crippen LogP contribution in [0.25, 0.3) is 11.4 Å². The highest BCUT2D eigenvalue weighted by Crippen LogP contribution is 2.16. The van der Waals surface area contributed by atoms with Crippen LogP contribution in [-0.4, -0.2) is 40.4 Å². The average molecular weight is 228 g/mol. The summed E-state index contributed by atoms with van der Waals surface area (Å²) in [5.41, 5.74) is 2.81. The van der Waals surface area contributed by atoms with Crippen molar-refractivity contribution in [2.45, 2.75) is 6.92 Å². The lowest BCUT2D eigenvalue weighted by atomic mass is 10.2. The summed E-state index contributed by atoms with van der Waals surface area (Å²) in [6.45, 7) is 1.99. The van der Waals surface area contributed by atoms with Crippen LogP contribution in [0.5, 0.6) is 0 Å². The molecule has 1 aromatic carbocycles. The van der Waals surface area contributed by atoms with Crippen molar-refractivity contribution in [2.24, 2.45) is 0 Å². The number of tetrazole rings is 2. The normalized spacial score (nSPS) is 10.6. The van der Waals surface area contributed by atoms with Crippen molar-refractivity contribution in [3.05, 3.63) is 36.4 Å². The Balaban J connectivity index is 2.13. The first-order valence-electron chi connectivity index (χ1n) is 4.92. The number of aromatic nitrogens is 8. The van der Waals surface area contributed by atoms with Gasteiger partial charge in [-0.1, -0.05) is 6.07 Å². The zero-order valence-electron chi connectivity index (χ0n) is 8.96. The second-order valence-electron chi connectivity index (χ2n) is 3.48. The van der Waals surface area contributed by atoms with Gasteiger partial charge in [-0.05, 0) is 45.5 Å². The third-order valence-corrected chi connectivity index (χ3v) is 2.40. The van der Waals surface area contributed by atoms with Crippen LogP contribution < -0.4 is 0 Å². The standard InChI is InChI=1S/C9H8N8/c1-7-2-3-8(16-5-10-12-14-16)4-9(7)17-6-11-13-15-17/h2-6H,1H3. The molecule has 0 radical (unpaired) electrons. The van der Waals surface area contributed by atoms with Crippen LogP contribution in [0.15, 0.2) is 30.9 Å². The van der Waals surface area contributed by atoms with E-state index in [1.165, 1.54) is 6.33 Å². The molecular formula is C9H8N8. The summed E-state index contributed by atoms with van der Waals surface area (Å²) in [5, 5.41) is 22.1. The Morgan fingerprint density at radius 3 is 2.29 bits per heavy atom. The van der Waals surface area contributed by atoms with E-state index in [0.29, 0.717) is 0 Å². The van der Waals surface area contributed by atoms with Gasteiger partial charge in [-0.25, -0.2) is 9.36 Å². The van der Waals surface area contributed by atoms with Gasteiger partial charge in [0.2, 0.25) is 0 Å². The fourth-order valence-electron chi connectivity index (χ4n) is 1.54. The van der Waals surface area contributed by atoms with Gasteiger partial charge in [0.15, 0.2) is 0 Å².